The van der Waals surface area contributed by atoms with Crippen molar-refractivity contribution in [2.24, 2.45) is 0 Å². The van der Waals surface area contributed by atoms with Crippen molar-refractivity contribution in [1.82, 2.24) is 0 Å². The maximum Gasteiger partial charge on any atom is 0.128 e. The van der Waals surface area contributed by atoms with Gasteiger partial charge in [-0.1, -0.05) is 94.8 Å². The maximum atomic E-state index is 6.27. The van der Waals surface area contributed by atoms with E-state index in [0.29, 0.717) is 6.61 Å². The van der Waals surface area contributed by atoms with Crippen LogP contribution < -0.4 is 4.74 Å². The highest BCUT2D eigenvalue weighted by molar-refractivity contribution is 9.10. The smallest absolute Gasteiger partial charge is 0.128 e. The highest BCUT2D eigenvalue weighted by atomic mass is 79.9. The number of hydrogen-bond donors (Lipinski definition) is 0. The molecular weight excluding hydrogens is 476 g/mol. The lowest BCUT2D eigenvalue weighted by molar-refractivity contribution is 0.310. The predicted octanol–water partition coefficient (Wildman–Crippen LogP) is 7.67. The van der Waals surface area contributed by atoms with E-state index in [-0.39, 0.29) is 0 Å². The molecule has 1 nitrogen and oxygen atoms in total. The minimum absolute atomic E-state index is 0.559. The second kappa shape index (κ2) is 8.93. The van der Waals surface area contributed by atoms with Crippen molar-refractivity contribution >= 4 is 42.6 Å². The molecule has 0 aromatic heterocycles. The Morgan fingerprint density at radius 3 is 2.07 bits per heavy atom. The standard InChI is InChI=1S/C25H20Br2O/c26-16-20-11-5-4-10-19(20)14-21-15-24(28-17-18-8-2-1-3-9-18)22-12-6-7-13-23(22)25(21)27/h1-13,15H,14,16-17H2. The molecule has 0 aliphatic carbocycles. The van der Waals surface area contributed by atoms with Crippen LogP contribution >= 0.6 is 31.9 Å². The molecule has 28 heavy (non-hydrogen) atoms. The Kier molecular flexibility index (Phi) is 6.13. The highest BCUT2D eigenvalue weighted by Crippen LogP contribution is 2.36. The third-order valence-corrected chi connectivity index (χ3v) is 6.44. The van der Waals surface area contributed by atoms with Crippen LogP contribution in [0, 0.1) is 0 Å². The lowest BCUT2D eigenvalue weighted by Crippen LogP contribution is -1.99. The average Bonchev–Trinajstić information content (AvgIpc) is 2.76. The molecule has 4 rings (SSSR count). The Morgan fingerprint density at radius 1 is 0.679 bits per heavy atom. The van der Waals surface area contributed by atoms with E-state index < -0.39 is 0 Å². The minimum atomic E-state index is 0.559. The normalized spacial score (nSPS) is 10.9. The summed E-state index contributed by atoms with van der Waals surface area (Å²) in [6.07, 6.45) is 0.856. The number of rotatable bonds is 6. The summed E-state index contributed by atoms with van der Waals surface area (Å²) in [5.41, 5.74) is 5.04. The number of ether oxygens (including phenoxy) is 1. The van der Waals surface area contributed by atoms with Crippen LogP contribution in [0.3, 0.4) is 0 Å². The van der Waals surface area contributed by atoms with Gasteiger partial charge in [-0.25, -0.2) is 0 Å². The average molecular weight is 496 g/mol. The number of fused-ring (bicyclic) bond motifs is 1. The first-order chi connectivity index (χ1) is 13.8. The molecule has 0 N–H and O–H groups in total. The fraction of sp³-hybridized carbons (Fsp3) is 0.120. The van der Waals surface area contributed by atoms with Crippen molar-refractivity contribution in [2.45, 2.75) is 18.4 Å². The zero-order valence-electron chi connectivity index (χ0n) is 15.4. The molecule has 140 valence electrons. The van der Waals surface area contributed by atoms with Crippen LogP contribution in [0.5, 0.6) is 5.75 Å². The van der Waals surface area contributed by atoms with Gasteiger partial charge in [0.25, 0.3) is 0 Å². The van der Waals surface area contributed by atoms with Crippen LogP contribution in [-0.4, -0.2) is 0 Å². The largest absolute Gasteiger partial charge is 0.488 e. The molecular formula is C25H20Br2O. The van der Waals surface area contributed by atoms with Gasteiger partial charge in [-0.3, -0.25) is 0 Å². The number of alkyl halides is 1. The lowest BCUT2D eigenvalue weighted by Gasteiger charge is -2.16. The van der Waals surface area contributed by atoms with E-state index in [4.69, 9.17) is 4.74 Å². The fourth-order valence-corrected chi connectivity index (χ4v) is 4.56. The zero-order chi connectivity index (χ0) is 19.3. The van der Waals surface area contributed by atoms with Crippen LogP contribution in [-0.2, 0) is 18.4 Å². The summed E-state index contributed by atoms with van der Waals surface area (Å²) in [5, 5.41) is 3.16. The molecule has 0 amide bonds. The second-order valence-electron chi connectivity index (χ2n) is 6.75. The van der Waals surface area contributed by atoms with Crippen LogP contribution in [0.2, 0.25) is 0 Å². The minimum Gasteiger partial charge on any atom is -0.488 e. The van der Waals surface area contributed by atoms with Crippen molar-refractivity contribution < 1.29 is 4.74 Å². The van der Waals surface area contributed by atoms with Gasteiger partial charge in [0.15, 0.2) is 0 Å². The van der Waals surface area contributed by atoms with Gasteiger partial charge < -0.3 is 4.74 Å². The molecule has 0 aliphatic heterocycles. The molecule has 0 saturated carbocycles. The highest BCUT2D eigenvalue weighted by Gasteiger charge is 2.13. The van der Waals surface area contributed by atoms with Crippen molar-refractivity contribution in [3.8, 4) is 5.75 Å². The Balaban J connectivity index is 1.73. The first-order valence-corrected chi connectivity index (χ1v) is 11.2. The first-order valence-electron chi connectivity index (χ1n) is 9.26. The first kappa shape index (κ1) is 19.2. The molecule has 0 aliphatic rings. The Hall–Kier alpha value is -2.10. The molecule has 0 heterocycles. The molecule has 4 aromatic carbocycles. The zero-order valence-corrected chi connectivity index (χ0v) is 18.5. The van der Waals surface area contributed by atoms with Gasteiger partial charge in [-0.15, -0.1) is 0 Å². The monoisotopic (exact) mass is 494 g/mol. The molecule has 0 fully saturated rings. The van der Waals surface area contributed by atoms with Crippen molar-refractivity contribution in [3.05, 3.63) is 112 Å². The molecule has 3 heteroatoms. The predicted molar refractivity (Wildman–Crippen MR) is 124 cm³/mol. The quantitative estimate of drug-likeness (QED) is 0.249. The van der Waals surface area contributed by atoms with E-state index in [0.717, 1.165) is 27.4 Å². The van der Waals surface area contributed by atoms with E-state index in [1.165, 1.54) is 27.6 Å². The third-order valence-electron chi connectivity index (χ3n) is 4.90. The number of benzene rings is 4. The molecule has 0 atom stereocenters. The SMILES string of the molecule is BrCc1ccccc1Cc1cc(OCc2ccccc2)c2ccccc2c1Br. The third kappa shape index (κ3) is 4.16. The fourth-order valence-electron chi connectivity index (χ4n) is 3.41. The van der Waals surface area contributed by atoms with Gasteiger partial charge in [-0.2, -0.15) is 0 Å². The molecule has 0 spiro atoms. The lowest BCUT2D eigenvalue weighted by atomic mass is 9.98. The molecule has 4 aromatic rings. The van der Waals surface area contributed by atoms with Gasteiger partial charge in [0, 0.05) is 15.2 Å². The summed E-state index contributed by atoms with van der Waals surface area (Å²) in [7, 11) is 0. The van der Waals surface area contributed by atoms with E-state index in [9.17, 15) is 0 Å². The van der Waals surface area contributed by atoms with Gasteiger partial charge >= 0.3 is 0 Å². The molecule has 0 radical (unpaired) electrons. The molecule has 0 saturated heterocycles. The summed E-state index contributed by atoms with van der Waals surface area (Å²) < 4.78 is 7.40. The van der Waals surface area contributed by atoms with E-state index in [1.54, 1.807) is 0 Å². The van der Waals surface area contributed by atoms with Crippen molar-refractivity contribution in [1.29, 1.82) is 0 Å². The van der Waals surface area contributed by atoms with Gasteiger partial charge in [-0.05, 0) is 56.1 Å². The summed E-state index contributed by atoms with van der Waals surface area (Å²) in [6.45, 7) is 0.559. The van der Waals surface area contributed by atoms with E-state index >= 15 is 0 Å². The maximum absolute atomic E-state index is 6.27. The molecule has 0 unspecified atom stereocenters. The summed E-state index contributed by atoms with van der Waals surface area (Å²) in [6, 6.07) is 29.4. The van der Waals surface area contributed by atoms with Crippen LogP contribution in [0.4, 0.5) is 0 Å². The Labute approximate surface area is 182 Å². The van der Waals surface area contributed by atoms with Gasteiger partial charge in [0.05, 0.1) is 0 Å². The summed E-state index contributed by atoms with van der Waals surface area (Å²) >= 11 is 7.46. The Morgan fingerprint density at radius 2 is 1.32 bits per heavy atom. The van der Waals surface area contributed by atoms with Crippen LogP contribution in [0.25, 0.3) is 10.8 Å². The second-order valence-corrected chi connectivity index (χ2v) is 8.10. The number of halogens is 2. The summed E-state index contributed by atoms with van der Waals surface area (Å²) in [5.74, 6) is 0.925. The van der Waals surface area contributed by atoms with Crippen LogP contribution in [0.1, 0.15) is 22.3 Å². The topological polar surface area (TPSA) is 9.23 Å². The molecule has 0 bridgehead atoms. The van der Waals surface area contributed by atoms with E-state index in [1.807, 2.05) is 18.2 Å². The van der Waals surface area contributed by atoms with Crippen LogP contribution in [0.15, 0.2) is 89.4 Å². The van der Waals surface area contributed by atoms with Crippen molar-refractivity contribution in [3.63, 3.8) is 0 Å². The Bertz CT molecular complexity index is 1090. The van der Waals surface area contributed by atoms with Gasteiger partial charge in [0.2, 0.25) is 0 Å². The number of hydrogen-bond acceptors (Lipinski definition) is 1. The van der Waals surface area contributed by atoms with Crippen molar-refractivity contribution in [2.75, 3.05) is 0 Å². The summed E-state index contributed by atoms with van der Waals surface area (Å²) in [4.78, 5) is 0. The van der Waals surface area contributed by atoms with E-state index in [2.05, 4.69) is 98.6 Å². The van der Waals surface area contributed by atoms with Gasteiger partial charge in [0.1, 0.15) is 12.4 Å².